The second-order valence-electron chi connectivity index (χ2n) is 8.19. The molecular weight excluding hydrogens is 482 g/mol. The molecule has 1 unspecified atom stereocenters. The van der Waals surface area contributed by atoms with Crippen molar-refractivity contribution in [2.45, 2.75) is 24.5 Å². The number of rotatable bonds is 7. The molecule has 3 aromatic rings. The van der Waals surface area contributed by atoms with Crippen molar-refractivity contribution in [1.29, 1.82) is 0 Å². The van der Waals surface area contributed by atoms with Gasteiger partial charge in [0, 0.05) is 26.3 Å². The van der Waals surface area contributed by atoms with Crippen LogP contribution in [0.4, 0.5) is 5.82 Å². The average molecular weight is 510 g/mol. The third-order valence-corrected chi connectivity index (χ3v) is 5.81. The molecule has 194 valence electrons. The number of ether oxygens (including phenoxy) is 2. The number of aliphatic hydroxyl groups is 2. The summed E-state index contributed by atoms with van der Waals surface area (Å²) < 4.78 is 12.1. The number of aromatic nitrogens is 4. The molecular formula is C24H27N7O6. The Morgan fingerprint density at radius 2 is 2.00 bits per heavy atom. The summed E-state index contributed by atoms with van der Waals surface area (Å²) in [6.45, 7) is 0.753. The lowest BCUT2D eigenvalue weighted by Gasteiger charge is -2.19. The summed E-state index contributed by atoms with van der Waals surface area (Å²) in [4.78, 5) is 39.2. The molecule has 1 aliphatic heterocycles. The number of amides is 2. The van der Waals surface area contributed by atoms with Crippen LogP contribution in [0.5, 0.6) is 0 Å². The molecule has 0 saturated carbocycles. The second kappa shape index (κ2) is 11.3. The maximum absolute atomic E-state index is 12.9. The number of nitrogen functional groups attached to an aromatic ring is 1. The largest absolute Gasteiger partial charge is 0.387 e. The number of nitrogens with zero attached hydrogens (tertiary/aromatic N) is 5. The van der Waals surface area contributed by atoms with Gasteiger partial charge in [-0.2, -0.15) is 0 Å². The van der Waals surface area contributed by atoms with Crippen molar-refractivity contribution in [3.63, 3.8) is 0 Å². The molecule has 5 N–H and O–H groups in total. The summed E-state index contributed by atoms with van der Waals surface area (Å²) in [5, 5.41) is 23.2. The number of aliphatic hydroxyl groups excluding tert-OH is 2. The summed E-state index contributed by atoms with van der Waals surface area (Å²) >= 11 is 0. The molecule has 3 heterocycles. The Bertz CT molecular complexity index is 1340. The van der Waals surface area contributed by atoms with Crippen molar-refractivity contribution < 1.29 is 29.3 Å². The third-order valence-electron chi connectivity index (χ3n) is 5.81. The number of hydrogen-bond donors (Lipinski definition) is 4. The molecule has 0 spiro atoms. The standard InChI is InChI=1S/C24H27N7O6/c1-26-22(34)19-17(32)18(33)24(37-19)31-13-27-16-20(25)28-15(29-21(16)31)9-6-10-30(11-12-36-2)23(35)14-7-4-3-5-8-14/h3-5,7-8,13,17-19,24,32-33H,10-12H2,1-2H3,(H,26,34)(H2,25,28,29)/t17?,18-,19+,24-/m1/s1. The van der Waals surface area contributed by atoms with Gasteiger partial charge in [-0.05, 0) is 18.1 Å². The summed E-state index contributed by atoms with van der Waals surface area (Å²) in [5.74, 6) is 5.03. The van der Waals surface area contributed by atoms with Crippen LogP contribution < -0.4 is 11.1 Å². The first-order valence-corrected chi connectivity index (χ1v) is 11.4. The molecule has 1 fully saturated rings. The van der Waals surface area contributed by atoms with Crippen LogP contribution in [0.1, 0.15) is 22.4 Å². The van der Waals surface area contributed by atoms with E-state index in [1.165, 1.54) is 17.9 Å². The number of anilines is 1. The van der Waals surface area contributed by atoms with Gasteiger partial charge in [0.2, 0.25) is 5.82 Å². The van der Waals surface area contributed by atoms with E-state index in [1.54, 1.807) is 36.3 Å². The van der Waals surface area contributed by atoms with Crippen molar-refractivity contribution in [2.75, 3.05) is 39.6 Å². The van der Waals surface area contributed by atoms with Crippen LogP contribution in [0.15, 0.2) is 36.7 Å². The lowest BCUT2D eigenvalue weighted by molar-refractivity contribution is -0.137. The number of benzene rings is 1. The van der Waals surface area contributed by atoms with Gasteiger partial charge in [0.15, 0.2) is 23.8 Å². The van der Waals surface area contributed by atoms with E-state index in [2.05, 4.69) is 32.1 Å². The lowest BCUT2D eigenvalue weighted by atomic mass is 10.1. The number of likely N-dealkylation sites (N-methyl/N-ethyl adjacent to an activating group) is 1. The number of nitrogens with one attached hydrogen (secondary N) is 1. The van der Waals surface area contributed by atoms with Gasteiger partial charge in [0.1, 0.15) is 17.7 Å². The Morgan fingerprint density at radius 1 is 1.24 bits per heavy atom. The van der Waals surface area contributed by atoms with Crippen LogP contribution >= 0.6 is 0 Å². The number of carbonyl (C=O) groups is 2. The number of fused-ring (bicyclic) bond motifs is 1. The maximum atomic E-state index is 12.9. The first kappa shape index (κ1) is 26.0. The van der Waals surface area contributed by atoms with Gasteiger partial charge < -0.3 is 35.6 Å². The Hall–Kier alpha value is -4.09. The van der Waals surface area contributed by atoms with Gasteiger partial charge in [-0.3, -0.25) is 14.2 Å². The predicted octanol–water partition coefficient (Wildman–Crippen LogP) is -1.09. The van der Waals surface area contributed by atoms with E-state index in [-0.39, 0.29) is 35.3 Å². The fourth-order valence-corrected chi connectivity index (χ4v) is 3.86. The SMILES string of the molecule is CNC(=O)[C@H]1O[C@@H](n2cnc3c(N)nc(C#CCN(CCOC)C(=O)c4ccccc4)nc32)[C@H](O)C1O. The highest BCUT2D eigenvalue weighted by Crippen LogP contribution is 2.32. The lowest BCUT2D eigenvalue weighted by Crippen LogP contribution is -2.41. The number of hydrogen-bond acceptors (Lipinski definition) is 10. The monoisotopic (exact) mass is 509 g/mol. The zero-order valence-corrected chi connectivity index (χ0v) is 20.2. The molecule has 0 aliphatic carbocycles. The second-order valence-corrected chi connectivity index (χ2v) is 8.19. The maximum Gasteiger partial charge on any atom is 0.254 e. The van der Waals surface area contributed by atoms with Crippen LogP contribution in [0.25, 0.3) is 11.2 Å². The Kier molecular flexibility index (Phi) is 7.95. The number of imidazole rings is 1. The summed E-state index contributed by atoms with van der Waals surface area (Å²) in [5.41, 5.74) is 7.02. The summed E-state index contributed by atoms with van der Waals surface area (Å²) in [7, 11) is 2.94. The van der Waals surface area contributed by atoms with Gasteiger partial charge in [-0.1, -0.05) is 24.1 Å². The minimum absolute atomic E-state index is 0.0422. The van der Waals surface area contributed by atoms with E-state index in [1.807, 2.05) is 6.07 Å². The van der Waals surface area contributed by atoms with E-state index in [4.69, 9.17) is 15.2 Å². The van der Waals surface area contributed by atoms with Crippen LogP contribution in [0.2, 0.25) is 0 Å². The number of methoxy groups -OCH3 is 1. The van der Waals surface area contributed by atoms with E-state index >= 15 is 0 Å². The average Bonchev–Trinajstić information content (AvgIpc) is 3.46. The van der Waals surface area contributed by atoms with Crippen molar-refractivity contribution >= 4 is 28.8 Å². The molecule has 0 radical (unpaired) electrons. The fourth-order valence-electron chi connectivity index (χ4n) is 3.86. The normalized spacial score (nSPS) is 20.9. The van der Waals surface area contributed by atoms with Crippen LogP contribution in [-0.4, -0.2) is 98.6 Å². The molecule has 1 saturated heterocycles. The smallest absolute Gasteiger partial charge is 0.254 e. The first-order valence-electron chi connectivity index (χ1n) is 11.4. The molecule has 2 amide bonds. The first-order chi connectivity index (χ1) is 17.8. The Morgan fingerprint density at radius 3 is 2.70 bits per heavy atom. The third kappa shape index (κ3) is 5.37. The Labute approximate surface area is 212 Å². The molecule has 4 rings (SSSR count). The van der Waals surface area contributed by atoms with Crippen LogP contribution in [-0.2, 0) is 14.3 Å². The van der Waals surface area contributed by atoms with Crippen LogP contribution in [0.3, 0.4) is 0 Å². The highest BCUT2D eigenvalue weighted by Gasteiger charge is 2.47. The molecule has 1 aliphatic rings. The molecule has 37 heavy (non-hydrogen) atoms. The van der Waals surface area contributed by atoms with E-state index in [0.717, 1.165) is 0 Å². The number of nitrogens with two attached hydrogens (primary N) is 1. The summed E-state index contributed by atoms with van der Waals surface area (Å²) in [6.07, 6.45) is -3.98. The van der Waals surface area contributed by atoms with Gasteiger partial charge in [0.25, 0.3) is 11.8 Å². The topological polar surface area (TPSA) is 178 Å². The van der Waals surface area contributed by atoms with E-state index in [9.17, 15) is 19.8 Å². The molecule has 0 bridgehead atoms. The predicted molar refractivity (Wildman–Crippen MR) is 131 cm³/mol. The van der Waals surface area contributed by atoms with E-state index in [0.29, 0.717) is 18.7 Å². The minimum atomic E-state index is -1.46. The quantitative estimate of drug-likeness (QED) is 0.286. The molecule has 13 heteroatoms. The van der Waals surface area contributed by atoms with Gasteiger partial charge >= 0.3 is 0 Å². The number of carbonyl (C=O) groups excluding carboxylic acids is 2. The highest BCUT2D eigenvalue weighted by molar-refractivity contribution is 5.94. The zero-order chi connectivity index (χ0) is 26.5. The van der Waals surface area contributed by atoms with Crippen LogP contribution in [0, 0.1) is 11.8 Å². The van der Waals surface area contributed by atoms with Gasteiger partial charge in [-0.15, -0.1) is 0 Å². The zero-order valence-electron chi connectivity index (χ0n) is 20.2. The van der Waals surface area contributed by atoms with Gasteiger partial charge in [-0.25, -0.2) is 15.0 Å². The van der Waals surface area contributed by atoms with Gasteiger partial charge in [0.05, 0.1) is 19.5 Å². The van der Waals surface area contributed by atoms with Crippen molar-refractivity contribution in [3.05, 3.63) is 48.0 Å². The minimum Gasteiger partial charge on any atom is -0.387 e. The molecule has 1 aromatic carbocycles. The molecule has 2 aromatic heterocycles. The molecule has 13 nitrogen and oxygen atoms in total. The molecule has 4 atom stereocenters. The van der Waals surface area contributed by atoms with Crippen molar-refractivity contribution in [1.82, 2.24) is 29.7 Å². The fraction of sp³-hybridized carbons (Fsp3) is 0.375. The Balaban J connectivity index is 1.59. The van der Waals surface area contributed by atoms with Crippen molar-refractivity contribution in [3.8, 4) is 11.8 Å². The van der Waals surface area contributed by atoms with E-state index < -0.39 is 30.4 Å². The highest BCUT2D eigenvalue weighted by atomic mass is 16.6. The summed E-state index contributed by atoms with van der Waals surface area (Å²) in [6, 6.07) is 8.83. The van der Waals surface area contributed by atoms with Crippen molar-refractivity contribution in [2.24, 2.45) is 0 Å².